The average Bonchev–Trinajstić information content (AvgIpc) is 2.48. The summed E-state index contributed by atoms with van der Waals surface area (Å²) < 4.78 is 26.2. The Balaban J connectivity index is 2.38. The Morgan fingerprint density at radius 3 is 2.76 bits per heavy atom. The second-order valence-electron chi connectivity index (χ2n) is 4.60. The normalized spacial score (nSPS) is 19.7. The third-order valence-corrected chi connectivity index (χ3v) is 5.19. The minimum absolute atomic E-state index is 0.0314. The molecule has 0 radical (unpaired) electrons. The fourth-order valence-electron chi connectivity index (χ4n) is 2.28. The molecule has 2 rings (SSSR count). The number of nitro benzene ring substituents is 1. The van der Waals surface area contributed by atoms with E-state index in [0.29, 0.717) is 12.8 Å². The van der Waals surface area contributed by atoms with Gasteiger partial charge in [0.2, 0.25) is 16.1 Å². The zero-order chi connectivity index (χ0) is 15.5. The maximum atomic E-state index is 12.5. The molecule has 0 aromatic heterocycles. The highest BCUT2D eigenvalue weighted by molar-refractivity contribution is 7.89. The van der Waals surface area contributed by atoms with E-state index >= 15 is 0 Å². The smallest absolute Gasteiger partial charge is 0.258 e. The van der Waals surface area contributed by atoms with Crippen molar-refractivity contribution in [3.05, 3.63) is 34.4 Å². The number of isocyanates is 1. The number of piperidine rings is 1. The molecule has 0 bridgehead atoms. The monoisotopic (exact) mass is 311 g/mol. The van der Waals surface area contributed by atoms with Crippen LogP contribution in [0.15, 0.2) is 34.2 Å². The summed E-state index contributed by atoms with van der Waals surface area (Å²) in [6, 6.07) is 4.75. The van der Waals surface area contributed by atoms with Gasteiger partial charge in [0.25, 0.3) is 5.69 Å². The molecule has 1 aromatic carbocycles. The molecule has 1 aliphatic rings. The molecule has 8 nitrogen and oxygen atoms in total. The van der Waals surface area contributed by atoms with Crippen LogP contribution in [0.2, 0.25) is 0 Å². The number of benzene rings is 1. The number of hydrogen-bond donors (Lipinski definition) is 0. The lowest BCUT2D eigenvalue weighted by molar-refractivity contribution is -0.387. The van der Waals surface area contributed by atoms with E-state index < -0.39 is 26.7 Å². The van der Waals surface area contributed by atoms with Gasteiger partial charge in [-0.05, 0) is 18.9 Å². The van der Waals surface area contributed by atoms with Gasteiger partial charge in [-0.15, -0.1) is 0 Å². The largest absolute Gasteiger partial charge is 0.289 e. The van der Waals surface area contributed by atoms with Gasteiger partial charge in [0.05, 0.1) is 11.0 Å². The Hall–Kier alpha value is -2.09. The molecule has 1 aromatic rings. The molecule has 0 spiro atoms. The van der Waals surface area contributed by atoms with Gasteiger partial charge in [-0.1, -0.05) is 12.1 Å². The molecule has 9 heteroatoms. The van der Waals surface area contributed by atoms with Crippen LogP contribution in [0.1, 0.15) is 12.8 Å². The zero-order valence-corrected chi connectivity index (χ0v) is 11.8. The molecule has 0 saturated carbocycles. The van der Waals surface area contributed by atoms with Gasteiger partial charge in [-0.2, -0.15) is 4.31 Å². The lowest BCUT2D eigenvalue weighted by Crippen LogP contribution is -2.41. The molecule has 0 N–H and O–H groups in total. The van der Waals surface area contributed by atoms with Crippen molar-refractivity contribution < 1.29 is 18.1 Å². The predicted molar refractivity (Wildman–Crippen MR) is 73.0 cm³/mol. The first-order valence-electron chi connectivity index (χ1n) is 6.27. The summed E-state index contributed by atoms with van der Waals surface area (Å²) in [6.45, 7) is 0.281. The van der Waals surface area contributed by atoms with E-state index in [1.807, 2.05) is 0 Å². The van der Waals surface area contributed by atoms with Crippen LogP contribution in [-0.4, -0.2) is 42.9 Å². The van der Waals surface area contributed by atoms with Gasteiger partial charge in [0.15, 0.2) is 4.90 Å². The standard InChI is InChI=1S/C12H13N3O5S/c16-9-13-10-4-3-7-14(8-10)21(19,20)12-6-2-1-5-11(12)15(17)18/h1-2,5-6,10H,3-4,7-8H2. The Kier molecular flexibility index (Phi) is 4.46. The fourth-order valence-corrected chi connectivity index (χ4v) is 3.96. The van der Waals surface area contributed by atoms with E-state index in [1.165, 1.54) is 24.3 Å². The zero-order valence-electron chi connectivity index (χ0n) is 11.0. The molecule has 0 aliphatic carbocycles. The van der Waals surface area contributed by atoms with E-state index in [2.05, 4.69) is 4.99 Å². The molecule has 1 heterocycles. The van der Waals surface area contributed by atoms with Crippen molar-refractivity contribution >= 4 is 21.8 Å². The highest BCUT2D eigenvalue weighted by Gasteiger charge is 2.34. The first-order chi connectivity index (χ1) is 9.96. The van der Waals surface area contributed by atoms with Crippen molar-refractivity contribution in [2.45, 2.75) is 23.8 Å². The van der Waals surface area contributed by atoms with Gasteiger partial charge in [0.1, 0.15) is 0 Å². The second-order valence-corrected chi connectivity index (χ2v) is 6.51. The van der Waals surface area contributed by atoms with Crippen LogP contribution in [0.5, 0.6) is 0 Å². The lowest BCUT2D eigenvalue weighted by atomic mass is 10.1. The molecule has 1 unspecified atom stereocenters. The third-order valence-electron chi connectivity index (χ3n) is 3.27. The van der Waals surface area contributed by atoms with E-state index in [0.717, 1.165) is 10.4 Å². The van der Waals surface area contributed by atoms with Crippen LogP contribution in [0.25, 0.3) is 0 Å². The quantitative estimate of drug-likeness (QED) is 0.357. The molecule has 1 fully saturated rings. The Morgan fingerprint density at radius 2 is 2.10 bits per heavy atom. The second kappa shape index (κ2) is 6.13. The van der Waals surface area contributed by atoms with E-state index in [1.54, 1.807) is 0 Å². The van der Waals surface area contributed by atoms with Crippen LogP contribution in [-0.2, 0) is 14.8 Å². The van der Waals surface area contributed by atoms with Crippen LogP contribution in [0.3, 0.4) is 0 Å². The molecule has 1 aliphatic heterocycles. The minimum Gasteiger partial charge on any atom is -0.258 e. The number of carbonyl (C=O) groups excluding carboxylic acids is 1. The van der Waals surface area contributed by atoms with E-state index in [-0.39, 0.29) is 18.0 Å². The summed E-state index contributed by atoms with van der Waals surface area (Å²) in [5.41, 5.74) is -0.460. The third kappa shape index (κ3) is 3.15. The fraction of sp³-hybridized carbons (Fsp3) is 0.417. The van der Waals surface area contributed by atoms with Crippen molar-refractivity contribution in [2.75, 3.05) is 13.1 Å². The highest BCUT2D eigenvalue weighted by Crippen LogP contribution is 2.28. The lowest BCUT2D eigenvalue weighted by Gasteiger charge is -2.29. The first-order valence-corrected chi connectivity index (χ1v) is 7.71. The first kappa shape index (κ1) is 15.3. The Labute approximate surface area is 121 Å². The highest BCUT2D eigenvalue weighted by atomic mass is 32.2. The number of hydrogen-bond acceptors (Lipinski definition) is 6. The summed E-state index contributed by atoms with van der Waals surface area (Å²) in [5, 5.41) is 11.0. The van der Waals surface area contributed by atoms with Crippen molar-refractivity contribution in [2.24, 2.45) is 4.99 Å². The number of para-hydroxylation sites is 1. The molecule has 1 atom stereocenters. The maximum Gasteiger partial charge on any atom is 0.289 e. The van der Waals surface area contributed by atoms with Crippen molar-refractivity contribution in [1.29, 1.82) is 0 Å². The number of nitro groups is 1. The Bertz CT molecular complexity index is 697. The molecule has 1 saturated heterocycles. The van der Waals surface area contributed by atoms with Crippen LogP contribution in [0, 0.1) is 10.1 Å². The minimum atomic E-state index is -3.99. The van der Waals surface area contributed by atoms with Crippen molar-refractivity contribution in [3.8, 4) is 0 Å². The maximum absolute atomic E-state index is 12.5. The van der Waals surface area contributed by atoms with E-state index in [9.17, 15) is 23.3 Å². The predicted octanol–water partition coefficient (Wildman–Crippen LogP) is 1.08. The molecule has 0 amide bonds. The van der Waals surface area contributed by atoms with Crippen LogP contribution >= 0.6 is 0 Å². The summed E-state index contributed by atoms with van der Waals surface area (Å²) >= 11 is 0. The van der Waals surface area contributed by atoms with Gasteiger partial charge in [-0.25, -0.2) is 18.2 Å². The van der Waals surface area contributed by atoms with E-state index in [4.69, 9.17) is 0 Å². The number of sulfonamides is 1. The summed E-state index contributed by atoms with van der Waals surface area (Å²) in [5.74, 6) is 0. The number of nitrogens with zero attached hydrogens (tertiary/aromatic N) is 3. The topological polar surface area (TPSA) is 110 Å². The van der Waals surface area contributed by atoms with Gasteiger partial charge in [-0.3, -0.25) is 10.1 Å². The molecule has 112 valence electrons. The molecular weight excluding hydrogens is 298 g/mol. The molecule has 21 heavy (non-hydrogen) atoms. The summed E-state index contributed by atoms with van der Waals surface area (Å²) in [4.78, 5) is 23.8. The van der Waals surface area contributed by atoms with Crippen LogP contribution in [0.4, 0.5) is 5.69 Å². The Morgan fingerprint density at radius 1 is 1.38 bits per heavy atom. The van der Waals surface area contributed by atoms with Crippen molar-refractivity contribution in [3.63, 3.8) is 0 Å². The summed E-state index contributed by atoms with van der Waals surface area (Å²) in [7, 11) is -3.99. The average molecular weight is 311 g/mol. The van der Waals surface area contributed by atoms with Gasteiger partial charge >= 0.3 is 0 Å². The molecular formula is C12H13N3O5S. The van der Waals surface area contributed by atoms with Gasteiger partial charge in [0, 0.05) is 19.2 Å². The van der Waals surface area contributed by atoms with Crippen LogP contribution < -0.4 is 0 Å². The number of aliphatic imine (C=N–C) groups is 1. The van der Waals surface area contributed by atoms with Gasteiger partial charge < -0.3 is 0 Å². The SMILES string of the molecule is O=C=NC1CCCN(S(=O)(=O)c2ccccc2[N+](=O)[O-])C1. The van der Waals surface area contributed by atoms with Crippen molar-refractivity contribution in [1.82, 2.24) is 4.31 Å². The number of rotatable bonds is 4. The summed E-state index contributed by atoms with van der Waals surface area (Å²) in [6.07, 6.45) is 2.56.